The van der Waals surface area contributed by atoms with Gasteiger partial charge < -0.3 is 10.2 Å². The molecule has 1 aromatic carbocycles. The molecule has 1 aromatic rings. The number of hydrogen-bond donors (Lipinski definition) is 1. The molecule has 0 aliphatic carbocycles. The van der Waals surface area contributed by atoms with E-state index in [2.05, 4.69) is 54.6 Å². The van der Waals surface area contributed by atoms with E-state index in [1.54, 1.807) is 0 Å². The molecular weight excluding hydrogens is 172 g/mol. The van der Waals surface area contributed by atoms with Gasteiger partial charge in [0.1, 0.15) is 0 Å². The molecule has 78 valence electrons. The maximum Gasteiger partial charge on any atom is 0.0232 e. The zero-order chi connectivity index (χ0) is 10.4. The van der Waals surface area contributed by atoms with Crippen molar-refractivity contribution >= 4 is 0 Å². The normalized spacial score (nSPS) is 13.1. The SMILES string of the molecule is CNC(Cc1ccccc1)CN(C)C. The fraction of sp³-hybridized carbons (Fsp3) is 0.500. The molecule has 0 spiro atoms. The number of benzene rings is 1. The molecule has 0 heterocycles. The van der Waals surface area contributed by atoms with Crippen molar-refractivity contribution in [2.75, 3.05) is 27.7 Å². The van der Waals surface area contributed by atoms with E-state index in [0.29, 0.717) is 6.04 Å². The summed E-state index contributed by atoms with van der Waals surface area (Å²) in [6.45, 7) is 1.07. The first-order valence-corrected chi connectivity index (χ1v) is 5.08. The second kappa shape index (κ2) is 5.78. The average molecular weight is 192 g/mol. The minimum absolute atomic E-state index is 0.535. The molecule has 0 fully saturated rings. The lowest BCUT2D eigenvalue weighted by molar-refractivity contribution is 0.346. The summed E-state index contributed by atoms with van der Waals surface area (Å²) in [5, 5.41) is 3.34. The third-order valence-electron chi connectivity index (χ3n) is 2.32. The monoisotopic (exact) mass is 192 g/mol. The van der Waals surface area contributed by atoms with E-state index in [4.69, 9.17) is 0 Å². The van der Waals surface area contributed by atoms with Gasteiger partial charge in [-0.05, 0) is 33.1 Å². The van der Waals surface area contributed by atoms with Gasteiger partial charge in [0.05, 0.1) is 0 Å². The van der Waals surface area contributed by atoms with E-state index >= 15 is 0 Å². The Morgan fingerprint density at radius 1 is 1.21 bits per heavy atom. The highest BCUT2D eigenvalue weighted by Gasteiger charge is 2.07. The van der Waals surface area contributed by atoms with Crippen LogP contribution in [0.25, 0.3) is 0 Å². The van der Waals surface area contributed by atoms with E-state index in [9.17, 15) is 0 Å². The Labute approximate surface area is 86.9 Å². The topological polar surface area (TPSA) is 15.3 Å². The van der Waals surface area contributed by atoms with Gasteiger partial charge in [-0.15, -0.1) is 0 Å². The van der Waals surface area contributed by atoms with Crippen LogP contribution in [-0.2, 0) is 6.42 Å². The largest absolute Gasteiger partial charge is 0.315 e. The van der Waals surface area contributed by atoms with Crippen molar-refractivity contribution in [3.63, 3.8) is 0 Å². The molecule has 1 N–H and O–H groups in total. The minimum atomic E-state index is 0.535. The van der Waals surface area contributed by atoms with Gasteiger partial charge >= 0.3 is 0 Å². The molecule has 0 saturated heterocycles. The first-order chi connectivity index (χ1) is 6.72. The number of nitrogens with zero attached hydrogens (tertiary/aromatic N) is 1. The average Bonchev–Trinajstić information content (AvgIpc) is 2.17. The Kier molecular flexibility index (Phi) is 4.63. The Bertz CT molecular complexity index is 244. The molecule has 2 heteroatoms. The van der Waals surface area contributed by atoms with Crippen LogP contribution in [0.3, 0.4) is 0 Å². The van der Waals surface area contributed by atoms with Gasteiger partial charge in [0.25, 0.3) is 0 Å². The third-order valence-corrected chi connectivity index (χ3v) is 2.32. The lowest BCUT2D eigenvalue weighted by Gasteiger charge is -2.20. The fourth-order valence-corrected chi connectivity index (χ4v) is 1.60. The molecule has 1 rings (SSSR count). The number of rotatable bonds is 5. The molecule has 0 aliphatic rings. The van der Waals surface area contributed by atoms with Crippen molar-refractivity contribution in [1.29, 1.82) is 0 Å². The van der Waals surface area contributed by atoms with E-state index < -0.39 is 0 Å². The maximum absolute atomic E-state index is 3.34. The zero-order valence-electron chi connectivity index (χ0n) is 9.33. The zero-order valence-corrected chi connectivity index (χ0v) is 9.33. The number of hydrogen-bond acceptors (Lipinski definition) is 2. The van der Waals surface area contributed by atoms with Crippen LogP contribution in [0.4, 0.5) is 0 Å². The van der Waals surface area contributed by atoms with E-state index in [-0.39, 0.29) is 0 Å². The first kappa shape index (κ1) is 11.2. The van der Waals surface area contributed by atoms with Gasteiger partial charge in [0.2, 0.25) is 0 Å². The molecule has 2 nitrogen and oxygen atoms in total. The van der Waals surface area contributed by atoms with Crippen LogP contribution in [0.5, 0.6) is 0 Å². The van der Waals surface area contributed by atoms with Crippen molar-refractivity contribution in [2.24, 2.45) is 0 Å². The van der Waals surface area contributed by atoms with E-state index in [0.717, 1.165) is 13.0 Å². The molecule has 0 saturated carbocycles. The molecule has 0 amide bonds. The Morgan fingerprint density at radius 2 is 1.86 bits per heavy atom. The van der Waals surface area contributed by atoms with Crippen molar-refractivity contribution in [3.05, 3.63) is 35.9 Å². The predicted octanol–water partition coefficient (Wildman–Crippen LogP) is 1.38. The van der Waals surface area contributed by atoms with Crippen molar-refractivity contribution < 1.29 is 0 Å². The number of likely N-dealkylation sites (N-methyl/N-ethyl adjacent to an activating group) is 2. The highest BCUT2D eigenvalue weighted by atomic mass is 15.1. The van der Waals surface area contributed by atoms with Gasteiger partial charge in [-0.3, -0.25) is 0 Å². The van der Waals surface area contributed by atoms with Crippen LogP contribution in [0.2, 0.25) is 0 Å². The predicted molar refractivity (Wildman–Crippen MR) is 61.5 cm³/mol. The highest BCUT2D eigenvalue weighted by molar-refractivity contribution is 5.15. The van der Waals surface area contributed by atoms with E-state index in [1.165, 1.54) is 5.56 Å². The maximum atomic E-state index is 3.34. The number of nitrogens with one attached hydrogen (secondary N) is 1. The highest BCUT2D eigenvalue weighted by Crippen LogP contribution is 2.03. The van der Waals surface area contributed by atoms with Gasteiger partial charge in [0.15, 0.2) is 0 Å². The van der Waals surface area contributed by atoms with Crippen LogP contribution in [0.1, 0.15) is 5.56 Å². The van der Waals surface area contributed by atoms with Gasteiger partial charge in [0, 0.05) is 12.6 Å². The smallest absolute Gasteiger partial charge is 0.0232 e. The summed E-state index contributed by atoms with van der Waals surface area (Å²) in [6, 6.07) is 11.1. The molecule has 0 aliphatic heterocycles. The van der Waals surface area contributed by atoms with Crippen LogP contribution in [0.15, 0.2) is 30.3 Å². The van der Waals surface area contributed by atoms with E-state index in [1.807, 2.05) is 7.05 Å². The molecule has 1 unspecified atom stereocenters. The second-order valence-electron chi connectivity index (χ2n) is 3.94. The molecule has 0 radical (unpaired) electrons. The minimum Gasteiger partial charge on any atom is -0.315 e. The van der Waals surface area contributed by atoms with Crippen molar-refractivity contribution in [3.8, 4) is 0 Å². The Balaban J connectivity index is 2.48. The van der Waals surface area contributed by atoms with Gasteiger partial charge in [-0.2, -0.15) is 0 Å². The second-order valence-corrected chi connectivity index (χ2v) is 3.94. The summed E-state index contributed by atoms with van der Waals surface area (Å²) >= 11 is 0. The summed E-state index contributed by atoms with van der Waals surface area (Å²) in [7, 11) is 6.24. The quantitative estimate of drug-likeness (QED) is 0.758. The summed E-state index contributed by atoms with van der Waals surface area (Å²) in [5.74, 6) is 0. The summed E-state index contributed by atoms with van der Waals surface area (Å²) < 4.78 is 0. The Morgan fingerprint density at radius 3 is 2.36 bits per heavy atom. The van der Waals surface area contributed by atoms with Gasteiger partial charge in [-0.25, -0.2) is 0 Å². The summed E-state index contributed by atoms with van der Waals surface area (Å²) in [4.78, 5) is 2.21. The van der Waals surface area contributed by atoms with Crippen LogP contribution < -0.4 is 5.32 Å². The molecule has 1 atom stereocenters. The Hall–Kier alpha value is -0.860. The standard InChI is InChI=1S/C12H20N2/c1-13-12(10-14(2)3)9-11-7-5-4-6-8-11/h4-8,12-13H,9-10H2,1-3H3. The third kappa shape index (κ3) is 3.90. The lowest BCUT2D eigenvalue weighted by atomic mass is 10.1. The van der Waals surface area contributed by atoms with Crippen LogP contribution >= 0.6 is 0 Å². The molecule has 14 heavy (non-hydrogen) atoms. The molecule has 0 bridgehead atoms. The molecular formula is C12H20N2. The van der Waals surface area contributed by atoms with Crippen molar-refractivity contribution in [2.45, 2.75) is 12.5 Å². The molecule has 0 aromatic heterocycles. The first-order valence-electron chi connectivity index (χ1n) is 5.08. The summed E-state index contributed by atoms with van der Waals surface area (Å²) in [6.07, 6.45) is 1.09. The fourth-order valence-electron chi connectivity index (χ4n) is 1.60. The lowest BCUT2D eigenvalue weighted by Crippen LogP contribution is -2.37. The van der Waals surface area contributed by atoms with Crippen LogP contribution in [-0.4, -0.2) is 38.6 Å². The van der Waals surface area contributed by atoms with Crippen LogP contribution in [0, 0.1) is 0 Å². The summed E-state index contributed by atoms with van der Waals surface area (Å²) in [5.41, 5.74) is 1.40. The van der Waals surface area contributed by atoms with Gasteiger partial charge in [-0.1, -0.05) is 30.3 Å². The van der Waals surface area contributed by atoms with Crippen molar-refractivity contribution in [1.82, 2.24) is 10.2 Å².